The molecule has 0 unspecified atom stereocenters. The molecule has 2 rings (SSSR count). The molecule has 0 bridgehead atoms. The fourth-order valence-electron chi connectivity index (χ4n) is 1.72. The van der Waals surface area contributed by atoms with E-state index in [1.807, 2.05) is 0 Å². The number of aliphatic carboxylic acids is 1. The van der Waals surface area contributed by atoms with E-state index in [0.29, 0.717) is 12.8 Å². The van der Waals surface area contributed by atoms with Crippen LogP contribution in [0, 0.1) is 0 Å². The topological polar surface area (TPSA) is 94.3 Å². The second kappa shape index (κ2) is 3.58. The molecule has 0 atom stereocenters. The highest BCUT2D eigenvalue weighted by Gasteiger charge is 2.47. The molecule has 0 amide bonds. The first-order valence-corrected chi connectivity index (χ1v) is 4.85. The Bertz CT molecular complexity index is 436. The molecule has 1 N–H and O–H groups in total. The summed E-state index contributed by atoms with van der Waals surface area (Å²) in [6.07, 6.45) is 3.16. The molecular formula is C9H11N3O4. The van der Waals surface area contributed by atoms with Gasteiger partial charge in [0.25, 0.3) is 0 Å². The molecule has 1 saturated carbocycles. The third kappa shape index (κ3) is 1.36. The van der Waals surface area contributed by atoms with Crippen molar-refractivity contribution in [3.63, 3.8) is 0 Å². The Labute approximate surface area is 91.0 Å². The van der Waals surface area contributed by atoms with Gasteiger partial charge in [-0.3, -0.25) is 0 Å². The number of nitrogens with zero attached hydrogens (tertiary/aromatic N) is 3. The van der Waals surface area contributed by atoms with E-state index in [2.05, 4.69) is 15.0 Å². The Hall–Kier alpha value is -1.92. The van der Waals surface area contributed by atoms with Crippen LogP contribution in [-0.4, -0.2) is 39.1 Å². The molecule has 1 aromatic rings. The molecule has 1 fully saturated rings. The minimum Gasteiger partial charge on any atom is -0.479 e. The van der Waals surface area contributed by atoms with Crippen molar-refractivity contribution in [1.29, 1.82) is 0 Å². The third-order valence-corrected chi connectivity index (χ3v) is 2.91. The van der Waals surface area contributed by atoms with Gasteiger partial charge in [-0.1, -0.05) is 5.21 Å². The number of carbonyl (C=O) groups excluding carboxylic acids is 1. The summed E-state index contributed by atoms with van der Waals surface area (Å²) in [4.78, 5) is 22.3. The highest BCUT2D eigenvalue weighted by molar-refractivity contribution is 5.86. The second-order valence-electron chi connectivity index (χ2n) is 3.73. The Kier molecular flexibility index (Phi) is 2.37. The van der Waals surface area contributed by atoms with Crippen molar-refractivity contribution in [3.05, 3.63) is 11.9 Å². The lowest BCUT2D eigenvalue weighted by molar-refractivity contribution is -0.153. The lowest BCUT2D eigenvalue weighted by atomic mass is 9.77. The normalized spacial score (nSPS) is 17.6. The standard InChI is InChI=1S/C9H11N3O4/c1-16-7(13)6-5-12(11-10-6)9(8(14)15)3-2-4-9/h5H,2-4H2,1H3,(H,14,15). The fraction of sp³-hybridized carbons (Fsp3) is 0.556. The van der Waals surface area contributed by atoms with Crippen LogP contribution in [0.2, 0.25) is 0 Å². The molecule has 1 aromatic heterocycles. The minimum atomic E-state index is -1.03. The molecule has 16 heavy (non-hydrogen) atoms. The molecule has 0 saturated heterocycles. The van der Waals surface area contributed by atoms with Crippen LogP contribution < -0.4 is 0 Å². The van der Waals surface area contributed by atoms with Gasteiger partial charge in [-0.05, 0) is 19.3 Å². The monoisotopic (exact) mass is 225 g/mol. The van der Waals surface area contributed by atoms with Crippen molar-refractivity contribution in [2.45, 2.75) is 24.8 Å². The summed E-state index contributed by atoms with van der Waals surface area (Å²) in [5.74, 6) is -1.56. The van der Waals surface area contributed by atoms with Crippen LogP contribution in [0.5, 0.6) is 0 Å². The van der Waals surface area contributed by atoms with Gasteiger partial charge in [-0.15, -0.1) is 5.10 Å². The number of hydrogen-bond donors (Lipinski definition) is 1. The molecule has 86 valence electrons. The molecule has 7 heteroatoms. The molecule has 0 spiro atoms. The van der Waals surface area contributed by atoms with E-state index in [9.17, 15) is 9.59 Å². The number of carbonyl (C=O) groups is 2. The highest BCUT2D eigenvalue weighted by Crippen LogP contribution is 2.38. The maximum Gasteiger partial charge on any atom is 0.360 e. The Morgan fingerprint density at radius 2 is 2.25 bits per heavy atom. The van der Waals surface area contributed by atoms with E-state index in [1.165, 1.54) is 18.0 Å². The second-order valence-corrected chi connectivity index (χ2v) is 3.73. The van der Waals surface area contributed by atoms with Crippen molar-refractivity contribution in [2.75, 3.05) is 7.11 Å². The van der Waals surface area contributed by atoms with Crippen molar-refractivity contribution < 1.29 is 19.4 Å². The highest BCUT2D eigenvalue weighted by atomic mass is 16.5. The van der Waals surface area contributed by atoms with Gasteiger partial charge < -0.3 is 9.84 Å². The van der Waals surface area contributed by atoms with E-state index >= 15 is 0 Å². The zero-order valence-electron chi connectivity index (χ0n) is 8.71. The average Bonchev–Trinajstić information content (AvgIpc) is 2.63. The van der Waals surface area contributed by atoms with Crippen LogP contribution in [0.1, 0.15) is 29.8 Å². The summed E-state index contributed by atoms with van der Waals surface area (Å²) < 4.78 is 5.71. The van der Waals surface area contributed by atoms with Gasteiger partial charge in [-0.2, -0.15) is 0 Å². The SMILES string of the molecule is COC(=O)c1cn(C2(C(=O)O)CCC2)nn1. The van der Waals surface area contributed by atoms with E-state index in [1.54, 1.807) is 0 Å². The van der Waals surface area contributed by atoms with E-state index in [0.717, 1.165) is 6.42 Å². The number of methoxy groups -OCH3 is 1. The number of aromatic nitrogens is 3. The Morgan fingerprint density at radius 3 is 2.69 bits per heavy atom. The minimum absolute atomic E-state index is 0.0232. The lowest BCUT2D eigenvalue weighted by Gasteiger charge is -2.36. The first-order chi connectivity index (χ1) is 7.60. The molecule has 0 aromatic carbocycles. The summed E-state index contributed by atoms with van der Waals surface area (Å²) in [7, 11) is 1.23. The van der Waals surface area contributed by atoms with Gasteiger partial charge in [-0.25, -0.2) is 14.3 Å². The summed E-state index contributed by atoms with van der Waals surface area (Å²) in [6, 6.07) is 0. The van der Waals surface area contributed by atoms with Crippen LogP contribution in [0.15, 0.2) is 6.20 Å². The predicted molar refractivity (Wildman–Crippen MR) is 50.8 cm³/mol. The first kappa shape index (κ1) is 10.6. The average molecular weight is 225 g/mol. The van der Waals surface area contributed by atoms with Crippen LogP contribution >= 0.6 is 0 Å². The van der Waals surface area contributed by atoms with Gasteiger partial charge in [0.05, 0.1) is 13.3 Å². The van der Waals surface area contributed by atoms with E-state index in [-0.39, 0.29) is 5.69 Å². The van der Waals surface area contributed by atoms with Crippen molar-refractivity contribution in [1.82, 2.24) is 15.0 Å². The van der Waals surface area contributed by atoms with Crippen LogP contribution in [0.25, 0.3) is 0 Å². The molecule has 0 radical (unpaired) electrons. The van der Waals surface area contributed by atoms with Crippen molar-refractivity contribution >= 4 is 11.9 Å². The van der Waals surface area contributed by atoms with E-state index < -0.39 is 17.5 Å². The summed E-state index contributed by atoms with van der Waals surface area (Å²) in [6.45, 7) is 0. The molecule has 1 aliphatic rings. The number of carboxylic acid groups (broad SMARTS) is 1. The first-order valence-electron chi connectivity index (χ1n) is 4.85. The van der Waals surface area contributed by atoms with E-state index in [4.69, 9.17) is 5.11 Å². The molecule has 1 aliphatic carbocycles. The van der Waals surface area contributed by atoms with Gasteiger partial charge >= 0.3 is 11.9 Å². The zero-order valence-corrected chi connectivity index (χ0v) is 8.71. The molecular weight excluding hydrogens is 214 g/mol. The van der Waals surface area contributed by atoms with Gasteiger partial charge in [0.2, 0.25) is 0 Å². The predicted octanol–water partition coefficient (Wildman–Crippen LogP) is 0.0285. The number of esters is 1. The van der Waals surface area contributed by atoms with Crippen LogP contribution in [0.4, 0.5) is 0 Å². The molecule has 0 aliphatic heterocycles. The third-order valence-electron chi connectivity index (χ3n) is 2.91. The van der Waals surface area contributed by atoms with Crippen molar-refractivity contribution in [2.24, 2.45) is 0 Å². The van der Waals surface area contributed by atoms with Crippen LogP contribution in [0.3, 0.4) is 0 Å². The van der Waals surface area contributed by atoms with Crippen LogP contribution in [-0.2, 0) is 15.1 Å². The smallest absolute Gasteiger partial charge is 0.360 e. The zero-order chi connectivity index (χ0) is 11.8. The molecule has 1 heterocycles. The Balaban J connectivity index is 2.31. The summed E-state index contributed by atoms with van der Waals surface area (Å²) in [5.41, 5.74) is -1.01. The number of hydrogen-bond acceptors (Lipinski definition) is 5. The summed E-state index contributed by atoms with van der Waals surface area (Å²) in [5, 5.41) is 16.4. The van der Waals surface area contributed by atoms with Crippen molar-refractivity contribution in [3.8, 4) is 0 Å². The summed E-state index contributed by atoms with van der Waals surface area (Å²) >= 11 is 0. The number of ether oxygens (including phenoxy) is 1. The number of rotatable bonds is 3. The van der Waals surface area contributed by atoms with Gasteiger partial charge in [0.15, 0.2) is 11.2 Å². The quantitative estimate of drug-likeness (QED) is 0.729. The number of carboxylic acids is 1. The Morgan fingerprint density at radius 1 is 1.56 bits per heavy atom. The maximum absolute atomic E-state index is 11.1. The largest absolute Gasteiger partial charge is 0.479 e. The molecule has 7 nitrogen and oxygen atoms in total. The van der Waals surface area contributed by atoms with Gasteiger partial charge in [0, 0.05) is 0 Å². The van der Waals surface area contributed by atoms with Gasteiger partial charge in [0.1, 0.15) is 0 Å². The lowest BCUT2D eigenvalue weighted by Crippen LogP contribution is -2.48. The maximum atomic E-state index is 11.1. The fourth-order valence-corrected chi connectivity index (χ4v) is 1.72.